The zero-order valence-electron chi connectivity index (χ0n) is 14.5. The number of fused-ring (bicyclic) bond motifs is 2. The third kappa shape index (κ3) is 3.41. The Balaban J connectivity index is 1.62. The molecule has 6 nitrogen and oxygen atoms in total. The molecule has 0 bridgehead atoms. The van der Waals surface area contributed by atoms with E-state index in [1.54, 1.807) is 5.38 Å². The highest BCUT2D eigenvalue weighted by Crippen LogP contribution is 2.44. The average molecular weight is 380 g/mol. The molecule has 1 aliphatic heterocycles. The Hall–Kier alpha value is -3.19. The Bertz CT molecular complexity index is 969. The maximum Gasteiger partial charge on any atom is 0.311 e. The van der Waals surface area contributed by atoms with E-state index in [2.05, 4.69) is 15.0 Å². The topological polar surface area (TPSA) is 77.5 Å². The summed E-state index contributed by atoms with van der Waals surface area (Å²) < 4.78 is 10.6. The monoisotopic (exact) mass is 380 g/mol. The molecule has 0 spiro atoms. The first kappa shape index (κ1) is 17.2. The van der Waals surface area contributed by atoms with Crippen LogP contribution in [0, 0.1) is 0 Å². The predicted octanol–water partition coefficient (Wildman–Crippen LogP) is 3.73. The van der Waals surface area contributed by atoms with Gasteiger partial charge in [0.1, 0.15) is 11.5 Å². The van der Waals surface area contributed by atoms with Crippen LogP contribution in [-0.2, 0) is 20.7 Å². The first-order valence-electron chi connectivity index (χ1n) is 8.33. The van der Waals surface area contributed by atoms with Crippen LogP contribution < -0.4 is 10.1 Å². The molecular formula is C20H16N2O4S. The number of anilines is 1. The summed E-state index contributed by atoms with van der Waals surface area (Å²) in [4.78, 5) is 28.8. The van der Waals surface area contributed by atoms with Gasteiger partial charge in [-0.15, -0.1) is 11.3 Å². The van der Waals surface area contributed by atoms with Gasteiger partial charge in [-0.25, -0.2) is 4.98 Å². The molecule has 1 N–H and O–H groups in total. The van der Waals surface area contributed by atoms with E-state index in [-0.39, 0.29) is 18.3 Å². The first-order chi connectivity index (χ1) is 13.2. The third-order valence-electron chi connectivity index (χ3n) is 4.28. The summed E-state index contributed by atoms with van der Waals surface area (Å²) in [6, 6.07) is 15.0. The second kappa shape index (κ2) is 7.20. The molecule has 0 saturated carbocycles. The number of rotatable bonds is 4. The number of carbonyl (C=O) groups excluding carboxylic acids is 2. The normalized spacial score (nSPS) is 12.5. The first-order valence-corrected chi connectivity index (χ1v) is 9.21. The minimum atomic E-state index is -0.501. The molecule has 2 heterocycles. The Labute approximate surface area is 159 Å². The van der Waals surface area contributed by atoms with E-state index in [0.29, 0.717) is 22.3 Å². The summed E-state index contributed by atoms with van der Waals surface area (Å²) in [7, 11) is 1.33. The van der Waals surface area contributed by atoms with Crippen LogP contribution in [0.25, 0.3) is 0 Å². The second-order valence-corrected chi connectivity index (χ2v) is 6.85. The van der Waals surface area contributed by atoms with E-state index in [1.807, 2.05) is 48.5 Å². The van der Waals surface area contributed by atoms with Crippen molar-refractivity contribution in [3.05, 3.63) is 70.7 Å². The Kier molecular flexibility index (Phi) is 4.60. The largest absolute Gasteiger partial charge is 0.469 e. The van der Waals surface area contributed by atoms with E-state index in [0.717, 1.165) is 11.1 Å². The van der Waals surface area contributed by atoms with Gasteiger partial charge in [-0.1, -0.05) is 36.4 Å². The number of hydrogen-bond acceptors (Lipinski definition) is 6. The van der Waals surface area contributed by atoms with Gasteiger partial charge in [0.2, 0.25) is 5.91 Å². The number of aromatic nitrogens is 1. The minimum absolute atomic E-state index is 0.0752. The molecule has 2 aromatic carbocycles. The van der Waals surface area contributed by atoms with Crippen LogP contribution in [0.5, 0.6) is 11.5 Å². The summed E-state index contributed by atoms with van der Waals surface area (Å²) in [5.74, 6) is 0.269. The third-order valence-corrected chi connectivity index (χ3v) is 5.08. The van der Waals surface area contributed by atoms with Crippen molar-refractivity contribution in [3.63, 3.8) is 0 Å². The van der Waals surface area contributed by atoms with Crippen LogP contribution in [0.1, 0.15) is 22.7 Å². The second-order valence-electron chi connectivity index (χ2n) is 6.00. The van der Waals surface area contributed by atoms with E-state index >= 15 is 0 Å². The molecule has 4 rings (SSSR count). The van der Waals surface area contributed by atoms with Crippen LogP contribution in [0.4, 0.5) is 5.13 Å². The number of methoxy groups -OCH3 is 1. The van der Waals surface area contributed by atoms with Crippen molar-refractivity contribution in [1.29, 1.82) is 0 Å². The minimum Gasteiger partial charge on any atom is -0.469 e. The number of ether oxygens (including phenoxy) is 2. The molecule has 0 saturated heterocycles. The maximum absolute atomic E-state index is 13.1. The van der Waals surface area contributed by atoms with Gasteiger partial charge in [0.05, 0.1) is 25.1 Å². The summed E-state index contributed by atoms with van der Waals surface area (Å²) in [6.07, 6.45) is 0.0752. The molecular weight excluding hydrogens is 364 g/mol. The summed E-state index contributed by atoms with van der Waals surface area (Å²) in [5, 5.41) is 5.05. The van der Waals surface area contributed by atoms with Gasteiger partial charge in [-0.3, -0.25) is 9.59 Å². The van der Waals surface area contributed by atoms with E-state index in [4.69, 9.17) is 4.74 Å². The highest BCUT2D eigenvalue weighted by molar-refractivity contribution is 7.13. The van der Waals surface area contributed by atoms with Gasteiger partial charge >= 0.3 is 5.97 Å². The van der Waals surface area contributed by atoms with Crippen molar-refractivity contribution >= 4 is 28.3 Å². The van der Waals surface area contributed by atoms with Gasteiger partial charge in [-0.2, -0.15) is 0 Å². The number of amides is 1. The smallest absolute Gasteiger partial charge is 0.311 e. The zero-order chi connectivity index (χ0) is 18.8. The molecule has 0 fully saturated rings. The molecule has 0 atom stereocenters. The molecule has 7 heteroatoms. The summed E-state index contributed by atoms with van der Waals surface area (Å²) in [6.45, 7) is 0. The molecule has 1 amide bonds. The molecule has 0 unspecified atom stereocenters. The van der Waals surface area contributed by atoms with Crippen molar-refractivity contribution < 1.29 is 19.1 Å². The molecule has 3 aromatic rings. The summed E-state index contributed by atoms with van der Waals surface area (Å²) >= 11 is 1.27. The number of esters is 1. The van der Waals surface area contributed by atoms with Crippen LogP contribution in [0.15, 0.2) is 53.9 Å². The fourth-order valence-corrected chi connectivity index (χ4v) is 3.75. The lowest BCUT2D eigenvalue weighted by atomic mass is 9.87. The number of hydrogen-bond donors (Lipinski definition) is 1. The number of nitrogens with zero attached hydrogens (tertiary/aromatic N) is 1. The van der Waals surface area contributed by atoms with E-state index < -0.39 is 5.92 Å². The summed E-state index contributed by atoms with van der Waals surface area (Å²) in [5.41, 5.74) is 2.18. The fraction of sp³-hybridized carbons (Fsp3) is 0.150. The Morgan fingerprint density at radius 1 is 1.11 bits per heavy atom. The fourth-order valence-electron chi connectivity index (χ4n) is 3.04. The van der Waals surface area contributed by atoms with Gasteiger partial charge in [0.25, 0.3) is 0 Å². The quantitative estimate of drug-likeness (QED) is 0.698. The van der Waals surface area contributed by atoms with Crippen molar-refractivity contribution in [1.82, 2.24) is 4.98 Å². The highest BCUT2D eigenvalue weighted by atomic mass is 32.1. The lowest BCUT2D eigenvalue weighted by molar-refractivity contribution is -0.139. The predicted molar refractivity (Wildman–Crippen MR) is 101 cm³/mol. The van der Waals surface area contributed by atoms with Gasteiger partial charge in [0.15, 0.2) is 5.13 Å². The molecule has 1 aromatic heterocycles. The number of carbonyl (C=O) groups is 2. The number of thiazole rings is 1. The van der Waals surface area contributed by atoms with E-state index in [1.165, 1.54) is 18.4 Å². The Morgan fingerprint density at radius 3 is 2.37 bits per heavy atom. The van der Waals surface area contributed by atoms with Crippen LogP contribution >= 0.6 is 11.3 Å². The standard InChI is InChI=1S/C20H16N2O4S/c1-25-17(23)10-12-11-27-20(21-12)22-19(24)18-13-6-2-4-8-15(13)26-16-9-5-3-7-14(16)18/h2-9,11,18H,10H2,1H3,(H,21,22,24). The number of nitrogens with one attached hydrogen (secondary N) is 1. The van der Waals surface area contributed by atoms with Crippen molar-refractivity contribution in [2.75, 3.05) is 12.4 Å². The molecule has 1 aliphatic rings. The van der Waals surface area contributed by atoms with Gasteiger partial charge in [-0.05, 0) is 12.1 Å². The Morgan fingerprint density at radius 2 is 1.74 bits per heavy atom. The van der Waals surface area contributed by atoms with E-state index in [9.17, 15) is 9.59 Å². The van der Waals surface area contributed by atoms with Crippen LogP contribution in [0.2, 0.25) is 0 Å². The van der Waals surface area contributed by atoms with Crippen LogP contribution in [-0.4, -0.2) is 24.0 Å². The lowest BCUT2D eigenvalue weighted by Gasteiger charge is -2.27. The maximum atomic E-state index is 13.1. The zero-order valence-corrected chi connectivity index (χ0v) is 15.3. The van der Waals surface area contributed by atoms with Crippen molar-refractivity contribution in [2.45, 2.75) is 12.3 Å². The number of para-hydroxylation sites is 2. The molecule has 0 aliphatic carbocycles. The molecule has 136 valence electrons. The van der Waals surface area contributed by atoms with Gasteiger partial charge in [0, 0.05) is 16.5 Å². The number of benzene rings is 2. The molecule has 27 heavy (non-hydrogen) atoms. The van der Waals surface area contributed by atoms with Gasteiger partial charge < -0.3 is 14.8 Å². The van der Waals surface area contributed by atoms with Crippen molar-refractivity contribution in [3.8, 4) is 11.5 Å². The molecule has 0 radical (unpaired) electrons. The van der Waals surface area contributed by atoms with Crippen LogP contribution in [0.3, 0.4) is 0 Å². The lowest BCUT2D eigenvalue weighted by Crippen LogP contribution is -2.25. The SMILES string of the molecule is COC(=O)Cc1csc(NC(=O)C2c3ccccc3Oc3ccccc32)n1. The highest BCUT2D eigenvalue weighted by Gasteiger charge is 2.32. The van der Waals surface area contributed by atoms with Crippen molar-refractivity contribution in [2.24, 2.45) is 0 Å². The average Bonchev–Trinajstić information content (AvgIpc) is 3.12.